The second-order valence-corrected chi connectivity index (χ2v) is 6.62. The zero-order valence-corrected chi connectivity index (χ0v) is 12.2. The van der Waals surface area contributed by atoms with Gasteiger partial charge >= 0.3 is 0 Å². The van der Waals surface area contributed by atoms with Crippen LogP contribution in [0.1, 0.15) is 26.7 Å². The van der Waals surface area contributed by atoms with E-state index in [4.69, 9.17) is 4.66 Å². The van der Waals surface area contributed by atoms with Crippen molar-refractivity contribution in [1.29, 1.82) is 0 Å². The molecule has 0 amide bonds. The van der Waals surface area contributed by atoms with Gasteiger partial charge in [0.05, 0.1) is 0 Å². The Morgan fingerprint density at radius 3 is 1.60 bits per heavy atom. The molecule has 0 aromatic carbocycles. The van der Waals surface area contributed by atoms with Crippen molar-refractivity contribution in [3.8, 4) is 0 Å². The van der Waals surface area contributed by atoms with Crippen LogP contribution in [0.25, 0.3) is 0 Å². The van der Waals surface area contributed by atoms with Gasteiger partial charge in [-0.2, -0.15) is 0 Å². The van der Waals surface area contributed by atoms with Crippen LogP contribution in [0.15, 0.2) is 4.66 Å². The van der Waals surface area contributed by atoms with Gasteiger partial charge in [0.25, 0.3) is 0 Å². The van der Waals surface area contributed by atoms with Crippen LogP contribution in [-0.4, -0.2) is 52.9 Å². The Morgan fingerprint density at radius 1 is 0.933 bits per heavy atom. The van der Waals surface area contributed by atoms with Crippen molar-refractivity contribution >= 4 is 14.9 Å². The van der Waals surface area contributed by atoms with Gasteiger partial charge in [-0.3, -0.25) is 4.66 Å². The van der Waals surface area contributed by atoms with Gasteiger partial charge in [0.1, 0.15) is 0 Å². The average molecular weight is 228 g/mol. The van der Waals surface area contributed by atoms with Gasteiger partial charge in [-0.05, 0) is 12.1 Å². The maximum atomic E-state index is 4.92. The van der Waals surface area contributed by atoms with Crippen LogP contribution in [0.5, 0.6) is 0 Å². The van der Waals surface area contributed by atoms with Gasteiger partial charge in [0, 0.05) is 28.2 Å². The minimum absolute atomic E-state index is 0.530. The van der Waals surface area contributed by atoms with Crippen LogP contribution >= 0.6 is 0 Å². The molecule has 0 N–H and O–H groups in total. The lowest BCUT2D eigenvalue weighted by Crippen LogP contribution is -2.37. The summed E-state index contributed by atoms with van der Waals surface area (Å²) in [4.78, 5) is 4.21. The maximum Gasteiger partial charge on any atom is 0.201 e. The lowest BCUT2D eigenvalue weighted by molar-refractivity contribution is 0.485. The molecule has 1 radical (unpaired) electrons. The molecule has 3 nitrogen and oxygen atoms in total. The summed E-state index contributed by atoms with van der Waals surface area (Å²) >= 11 is 0. The molecule has 0 bridgehead atoms. The summed E-state index contributed by atoms with van der Waals surface area (Å²) in [5.41, 5.74) is 0. The fourth-order valence-corrected chi connectivity index (χ4v) is 3.87. The number of hydrogen-bond acceptors (Lipinski definition) is 1. The molecule has 0 aliphatic rings. The lowest BCUT2D eigenvalue weighted by Gasteiger charge is -2.24. The molecule has 0 aliphatic heterocycles. The second-order valence-electron chi connectivity index (χ2n) is 4.27. The smallest absolute Gasteiger partial charge is 0.201 e. The molecule has 0 spiro atoms. The molecule has 0 atom stereocenters. The largest absolute Gasteiger partial charge is 0.350 e. The predicted molar refractivity (Wildman–Crippen MR) is 70.8 cm³/mol. The highest BCUT2D eigenvalue weighted by Crippen LogP contribution is 2.08. The standard InChI is InChI=1S/C11H26N3Si/c1-7-9-15(10-8-2)12-11(13(3)4)14(5)6/h7-10H2,1-6H3. The van der Waals surface area contributed by atoms with E-state index < -0.39 is 8.96 Å². The molecule has 0 rings (SSSR count). The first kappa shape index (κ1) is 14.5. The van der Waals surface area contributed by atoms with Gasteiger partial charge in [-0.15, -0.1) is 0 Å². The van der Waals surface area contributed by atoms with Gasteiger partial charge in [0.2, 0.25) is 8.96 Å². The molecule has 0 unspecified atom stereocenters. The molecule has 0 aromatic rings. The highest BCUT2D eigenvalue weighted by atomic mass is 28.3. The zero-order chi connectivity index (χ0) is 11.8. The molecule has 0 saturated carbocycles. The van der Waals surface area contributed by atoms with Crippen molar-refractivity contribution in [1.82, 2.24) is 9.80 Å². The molecule has 0 aliphatic carbocycles. The van der Waals surface area contributed by atoms with E-state index >= 15 is 0 Å². The summed E-state index contributed by atoms with van der Waals surface area (Å²) in [6, 6.07) is 2.59. The summed E-state index contributed by atoms with van der Waals surface area (Å²) < 4.78 is 4.92. The quantitative estimate of drug-likeness (QED) is 0.408. The molecule has 0 aromatic heterocycles. The molecule has 0 fully saturated rings. The van der Waals surface area contributed by atoms with E-state index in [9.17, 15) is 0 Å². The minimum Gasteiger partial charge on any atom is -0.350 e. The van der Waals surface area contributed by atoms with E-state index in [1.165, 1.54) is 24.9 Å². The number of guanidine groups is 1. The summed E-state index contributed by atoms with van der Waals surface area (Å²) in [5.74, 6) is 1.12. The Hall–Kier alpha value is -0.513. The molecular formula is C11H26N3Si. The van der Waals surface area contributed by atoms with Crippen LogP contribution in [0.2, 0.25) is 12.1 Å². The van der Waals surface area contributed by atoms with Crippen LogP contribution in [0.4, 0.5) is 0 Å². The topological polar surface area (TPSA) is 18.8 Å². The van der Waals surface area contributed by atoms with Crippen molar-refractivity contribution in [2.45, 2.75) is 38.8 Å². The highest BCUT2D eigenvalue weighted by Gasteiger charge is 2.12. The Kier molecular flexibility index (Phi) is 7.47. The third-order valence-electron chi connectivity index (χ3n) is 2.14. The Bertz CT molecular complexity index is 174. The van der Waals surface area contributed by atoms with E-state index in [-0.39, 0.29) is 0 Å². The van der Waals surface area contributed by atoms with E-state index in [1.54, 1.807) is 0 Å². The first-order valence-electron chi connectivity index (χ1n) is 5.80. The third kappa shape index (κ3) is 5.82. The van der Waals surface area contributed by atoms with Crippen LogP contribution < -0.4 is 0 Å². The highest BCUT2D eigenvalue weighted by molar-refractivity contribution is 6.58. The van der Waals surface area contributed by atoms with Crippen LogP contribution in [-0.2, 0) is 0 Å². The maximum absolute atomic E-state index is 4.92. The van der Waals surface area contributed by atoms with Crippen molar-refractivity contribution < 1.29 is 0 Å². The number of nitrogens with zero attached hydrogens (tertiary/aromatic N) is 3. The zero-order valence-electron chi connectivity index (χ0n) is 11.2. The Balaban J connectivity index is 4.57. The molecular weight excluding hydrogens is 202 g/mol. The first-order chi connectivity index (χ1) is 7.02. The molecule has 89 valence electrons. The van der Waals surface area contributed by atoms with E-state index in [1.807, 2.05) is 0 Å². The molecule has 0 heterocycles. The SMILES string of the molecule is CCC[Si](CCC)N=C(N(C)C)N(C)C. The minimum atomic E-state index is -0.530. The summed E-state index contributed by atoms with van der Waals surface area (Å²) in [6.45, 7) is 4.50. The van der Waals surface area contributed by atoms with E-state index in [0.29, 0.717) is 0 Å². The van der Waals surface area contributed by atoms with Crippen LogP contribution in [0, 0.1) is 0 Å². The number of hydrogen-bond donors (Lipinski definition) is 0. The van der Waals surface area contributed by atoms with Gasteiger partial charge < -0.3 is 9.80 Å². The van der Waals surface area contributed by atoms with Crippen LogP contribution in [0.3, 0.4) is 0 Å². The fraction of sp³-hybridized carbons (Fsp3) is 0.909. The first-order valence-corrected chi connectivity index (χ1v) is 7.67. The lowest BCUT2D eigenvalue weighted by atomic mass is 10.6. The Morgan fingerprint density at radius 2 is 1.33 bits per heavy atom. The summed E-state index contributed by atoms with van der Waals surface area (Å²) in [5, 5.41) is 0. The molecule has 4 heteroatoms. The van der Waals surface area contributed by atoms with Crippen molar-refractivity contribution in [2.75, 3.05) is 28.2 Å². The third-order valence-corrected chi connectivity index (χ3v) is 4.81. The normalized spacial score (nSPS) is 10.3. The molecule has 15 heavy (non-hydrogen) atoms. The monoisotopic (exact) mass is 228 g/mol. The second kappa shape index (κ2) is 7.74. The summed E-state index contributed by atoms with van der Waals surface area (Å²) in [6.07, 6.45) is 2.51. The predicted octanol–water partition coefficient (Wildman–Crippen LogP) is 2.28. The van der Waals surface area contributed by atoms with E-state index in [0.717, 1.165) is 5.96 Å². The number of rotatable bonds is 5. The Labute approximate surface area is 96.9 Å². The summed E-state index contributed by atoms with van der Waals surface area (Å²) in [7, 11) is 7.73. The van der Waals surface area contributed by atoms with Gasteiger partial charge in [-0.1, -0.05) is 26.7 Å². The van der Waals surface area contributed by atoms with E-state index in [2.05, 4.69) is 51.8 Å². The van der Waals surface area contributed by atoms with Crippen molar-refractivity contribution in [3.63, 3.8) is 0 Å². The van der Waals surface area contributed by atoms with Crippen molar-refractivity contribution in [3.05, 3.63) is 0 Å². The van der Waals surface area contributed by atoms with Crippen molar-refractivity contribution in [2.24, 2.45) is 4.66 Å². The average Bonchev–Trinajstić information content (AvgIpc) is 2.13. The molecule has 0 saturated heterocycles. The van der Waals surface area contributed by atoms with Gasteiger partial charge in [0.15, 0.2) is 5.96 Å². The fourth-order valence-electron chi connectivity index (χ4n) is 1.56. The van der Waals surface area contributed by atoms with Gasteiger partial charge in [-0.25, -0.2) is 0 Å².